The summed E-state index contributed by atoms with van der Waals surface area (Å²) in [5.41, 5.74) is 7.89. The minimum atomic E-state index is -0.228. The van der Waals surface area contributed by atoms with Crippen LogP contribution in [0.3, 0.4) is 0 Å². The molecule has 0 fully saturated rings. The van der Waals surface area contributed by atoms with Crippen molar-refractivity contribution >= 4 is 0 Å². The Balaban J connectivity index is 2.13. The van der Waals surface area contributed by atoms with Gasteiger partial charge in [0, 0.05) is 31.5 Å². The van der Waals surface area contributed by atoms with E-state index in [0.717, 1.165) is 17.7 Å². The first-order valence-electron chi connectivity index (χ1n) is 6.25. The number of halogens is 1. The van der Waals surface area contributed by atoms with E-state index in [1.165, 1.54) is 6.07 Å². The van der Waals surface area contributed by atoms with Crippen LogP contribution in [0.2, 0.25) is 0 Å². The molecule has 1 atom stereocenters. The maximum absolute atomic E-state index is 13.3. The number of likely N-dealkylation sites (N-methyl/N-ethyl adjacent to an activating group) is 1. The number of benzene rings is 1. The first-order chi connectivity index (χ1) is 9.20. The van der Waals surface area contributed by atoms with Crippen molar-refractivity contribution in [2.75, 3.05) is 13.6 Å². The van der Waals surface area contributed by atoms with E-state index < -0.39 is 0 Å². The minimum Gasteiger partial charge on any atom is -0.329 e. The lowest BCUT2D eigenvalue weighted by Crippen LogP contribution is -2.30. The summed E-state index contributed by atoms with van der Waals surface area (Å²) in [6.45, 7) is 1.20. The Labute approximate surface area is 112 Å². The monoisotopic (exact) mass is 259 g/mol. The van der Waals surface area contributed by atoms with E-state index in [2.05, 4.69) is 9.88 Å². The predicted octanol–water partition coefficient (Wildman–Crippen LogP) is 2.35. The maximum Gasteiger partial charge on any atom is 0.123 e. The SMILES string of the molecule is CN(Cc1ccncc1)C(CN)c1cccc(F)c1. The molecular formula is C15H18FN3. The number of hydrogen-bond acceptors (Lipinski definition) is 3. The molecule has 0 spiro atoms. The summed E-state index contributed by atoms with van der Waals surface area (Å²) in [5.74, 6) is -0.228. The molecule has 0 aliphatic heterocycles. The van der Waals surface area contributed by atoms with Gasteiger partial charge in [-0.3, -0.25) is 9.88 Å². The third-order valence-electron chi connectivity index (χ3n) is 3.17. The van der Waals surface area contributed by atoms with Crippen LogP contribution in [0, 0.1) is 5.82 Å². The highest BCUT2D eigenvalue weighted by Crippen LogP contribution is 2.20. The molecule has 4 heteroatoms. The summed E-state index contributed by atoms with van der Waals surface area (Å²) in [4.78, 5) is 6.11. The minimum absolute atomic E-state index is 0.00358. The molecule has 0 aliphatic rings. The van der Waals surface area contributed by atoms with Crippen LogP contribution in [0.1, 0.15) is 17.2 Å². The maximum atomic E-state index is 13.3. The second-order valence-electron chi connectivity index (χ2n) is 4.58. The van der Waals surface area contributed by atoms with Gasteiger partial charge >= 0.3 is 0 Å². The van der Waals surface area contributed by atoms with Gasteiger partial charge in [0.25, 0.3) is 0 Å². The Morgan fingerprint density at radius 1 is 1.26 bits per heavy atom. The first-order valence-corrected chi connectivity index (χ1v) is 6.25. The molecule has 0 saturated heterocycles. The van der Waals surface area contributed by atoms with Crippen LogP contribution in [-0.2, 0) is 6.54 Å². The van der Waals surface area contributed by atoms with Crippen molar-refractivity contribution in [3.05, 3.63) is 65.7 Å². The van der Waals surface area contributed by atoms with Gasteiger partial charge in [0.15, 0.2) is 0 Å². The molecule has 0 saturated carbocycles. The zero-order chi connectivity index (χ0) is 13.7. The number of pyridine rings is 1. The largest absolute Gasteiger partial charge is 0.329 e. The number of hydrogen-bond donors (Lipinski definition) is 1. The highest BCUT2D eigenvalue weighted by molar-refractivity contribution is 5.21. The van der Waals surface area contributed by atoms with Crippen molar-refractivity contribution in [3.8, 4) is 0 Å². The highest BCUT2D eigenvalue weighted by Gasteiger charge is 2.16. The summed E-state index contributed by atoms with van der Waals surface area (Å²) in [7, 11) is 1.99. The van der Waals surface area contributed by atoms with Crippen LogP contribution in [-0.4, -0.2) is 23.5 Å². The molecule has 0 amide bonds. The fourth-order valence-electron chi connectivity index (χ4n) is 2.17. The van der Waals surface area contributed by atoms with Crippen LogP contribution in [0.4, 0.5) is 4.39 Å². The molecule has 1 unspecified atom stereocenters. The van der Waals surface area contributed by atoms with E-state index in [4.69, 9.17) is 5.73 Å². The molecule has 2 aromatic rings. The van der Waals surface area contributed by atoms with Crippen molar-refractivity contribution in [1.29, 1.82) is 0 Å². The second kappa shape index (κ2) is 6.41. The lowest BCUT2D eigenvalue weighted by Gasteiger charge is -2.27. The van der Waals surface area contributed by atoms with Gasteiger partial charge in [0.2, 0.25) is 0 Å². The molecule has 0 radical (unpaired) electrons. The molecule has 2 rings (SSSR count). The molecule has 1 heterocycles. The number of nitrogens with zero attached hydrogens (tertiary/aromatic N) is 2. The average molecular weight is 259 g/mol. The molecule has 19 heavy (non-hydrogen) atoms. The summed E-state index contributed by atoms with van der Waals surface area (Å²) in [5, 5.41) is 0. The van der Waals surface area contributed by atoms with Crippen LogP contribution >= 0.6 is 0 Å². The molecule has 2 N–H and O–H groups in total. The Bertz CT molecular complexity index is 516. The third-order valence-corrected chi connectivity index (χ3v) is 3.17. The van der Waals surface area contributed by atoms with E-state index in [1.54, 1.807) is 24.5 Å². The highest BCUT2D eigenvalue weighted by atomic mass is 19.1. The number of aromatic nitrogens is 1. The van der Waals surface area contributed by atoms with Crippen molar-refractivity contribution in [3.63, 3.8) is 0 Å². The van der Waals surface area contributed by atoms with Gasteiger partial charge < -0.3 is 5.73 Å². The van der Waals surface area contributed by atoms with Crippen molar-refractivity contribution in [1.82, 2.24) is 9.88 Å². The van der Waals surface area contributed by atoms with Gasteiger partial charge in [-0.25, -0.2) is 4.39 Å². The number of nitrogens with two attached hydrogens (primary N) is 1. The zero-order valence-corrected chi connectivity index (χ0v) is 11.0. The Hall–Kier alpha value is -1.78. The molecule has 0 bridgehead atoms. The second-order valence-corrected chi connectivity index (χ2v) is 4.58. The van der Waals surface area contributed by atoms with Crippen LogP contribution in [0.25, 0.3) is 0 Å². The van der Waals surface area contributed by atoms with Gasteiger partial charge in [-0.2, -0.15) is 0 Å². The van der Waals surface area contributed by atoms with E-state index in [1.807, 2.05) is 25.2 Å². The van der Waals surface area contributed by atoms with Gasteiger partial charge in [-0.15, -0.1) is 0 Å². The van der Waals surface area contributed by atoms with E-state index >= 15 is 0 Å². The zero-order valence-electron chi connectivity index (χ0n) is 11.0. The fraction of sp³-hybridized carbons (Fsp3) is 0.267. The van der Waals surface area contributed by atoms with E-state index in [-0.39, 0.29) is 11.9 Å². The van der Waals surface area contributed by atoms with Crippen molar-refractivity contribution < 1.29 is 4.39 Å². The number of rotatable bonds is 5. The smallest absolute Gasteiger partial charge is 0.123 e. The molecule has 1 aromatic carbocycles. The summed E-state index contributed by atoms with van der Waals surface area (Å²) < 4.78 is 13.3. The summed E-state index contributed by atoms with van der Waals surface area (Å²) in [6, 6.07) is 10.5. The molecule has 100 valence electrons. The quantitative estimate of drug-likeness (QED) is 0.896. The van der Waals surface area contributed by atoms with Gasteiger partial charge in [0.1, 0.15) is 5.82 Å². The van der Waals surface area contributed by atoms with Gasteiger partial charge in [0.05, 0.1) is 0 Å². The third kappa shape index (κ3) is 3.59. The molecule has 1 aromatic heterocycles. The standard InChI is InChI=1S/C15H18FN3/c1-19(11-12-5-7-18-8-6-12)15(10-17)13-3-2-4-14(16)9-13/h2-9,15H,10-11,17H2,1H3. The van der Waals surface area contributed by atoms with Crippen LogP contribution < -0.4 is 5.73 Å². The summed E-state index contributed by atoms with van der Waals surface area (Å²) in [6.07, 6.45) is 3.53. The van der Waals surface area contributed by atoms with Crippen molar-refractivity contribution in [2.24, 2.45) is 5.73 Å². The van der Waals surface area contributed by atoms with Crippen LogP contribution in [0.5, 0.6) is 0 Å². The normalized spacial score (nSPS) is 12.6. The molecule has 0 aliphatic carbocycles. The Morgan fingerprint density at radius 2 is 2.00 bits per heavy atom. The lowest BCUT2D eigenvalue weighted by molar-refractivity contribution is 0.241. The van der Waals surface area contributed by atoms with Crippen molar-refractivity contribution in [2.45, 2.75) is 12.6 Å². The van der Waals surface area contributed by atoms with E-state index in [0.29, 0.717) is 6.54 Å². The fourth-order valence-corrected chi connectivity index (χ4v) is 2.17. The molecule has 3 nitrogen and oxygen atoms in total. The first kappa shape index (κ1) is 13.6. The van der Waals surface area contributed by atoms with E-state index in [9.17, 15) is 4.39 Å². The molecular weight excluding hydrogens is 241 g/mol. The van der Waals surface area contributed by atoms with Gasteiger partial charge in [-0.1, -0.05) is 12.1 Å². The van der Waals surface area contributed by atoms with Crippen LogP contribution in [0.15, 0.2) is 48.8 Å². The van der Waals surface area contributed by atoms with Gasteiger partial charge in [-0.05, 0) is 42.4 Å². The Kier molecular flexibility index (Phi) is 4.60. The lowest BCUT2D eigenvalue weighted by atomic mass is 10.0. The topological polar surface area (TPSA) is 42.2 Å². The summed E-state index contributed by atoms with van der Waals surface area (Å²) >= 11 is 0. The predicted molar refractivity (Wildman–Crippen MR) is 73.9 cm³/mol. The average Bonchev–Trinajstić information content (AvgIpc) is 2.41. The Morgan fingerprint density at radius 3 is 2.63 bits per heavy atom.